The van der Waals surface area contributed by atoms with E-state index in [9.17, 15) is 18.0 Å². The molecule has 1 aliphatic heterocycles. The van der Waals surface area contributed by atoms with Crippen LogP contribution in [0.25, 0.3) is 0 Å². The number of hydrogen-bond acceptors (Lipinski definition) is 3. The van der Waals surface area contributed by atoms with Crippen molar-refractivity contribution in [2.24, 2.45) is 5.92 Å². The standard InChI is InChI=1S/C16H18F3NO3/c17-16(18,19)11-6-4-10(5-7-11)12-9-13(12)15(21)20-23-14-3-1-2-8-22-14/h4-7,12-14H,1-3,8-9H2,(H,20,21)/t12-,13+,14-/m1/s1. The molecule has 0 bridgehead atoms. The van der Waals surface area contributed by atoms with Crippen molar-refractivity contribution in [3.8, 4) is 0 Å². The summed E-state index contributed by atoms with van der Waals surface area (Å²) in [6.45, 7) is 0.623. The van der Waals surface area contributed by atoms with Crippen LogP contribution in [0.4, 0.5) is 13.2 Å². The van der Waals surface area contributed by atoms with E-state index in [0.29, 0.717) is 13.0 Å². The van der Waals surface area contributed by atoms with Crippen LogP contribution in [0.5, 0.6) is 0 Å². The molecule has 1 aromatic carbocycles. The lowest BCUT2D eigenvalue weighted by molar-refractivity contribution is -0.201. The molecule has 1 saturated heterocycles. The minimum atomic E-state index is -4.34. The van der Waals surface area contributed by atoms with Gasteiger partial charge in [-0.1, -0.05) is 12.1 Å². The van der Waals surface area contributed by atoms with Gasteiger partial charge >= 0.3 is 6.18 Å². The topological polar surface area (TPSA) is 47.6 Å². The van der Waals surface area contributed by atoms with Gasteiger partial charge in [-0.05, 0) is 42.9 Å². The highest BCUT2D eigenvalue weighted by Gasteiger charge is 2.44. The van der Waals surface area contributed by atoms with E-state index in [1.165, 1.54) is 12.1 Å². The zero-order valence-corrected chi connectivity index (χ0v) is 12.4. The summed E-state index contributed by atoms with van der Waals surface area (Å²) in [7, 11) is 0. The summed E-state index contributed by atoms with van der Waals surface area (Å²) in [5.41, 5.74) is 2.47. The molecular weight excluding hydrogens is 311 g/mol. The minimum Gasteiger partial charge on any atom is -0.350 e. The molecule has 0 aromatic heterocycles. The second-order valence-corrected chi connectivity index (χ2v) is 5.95. The van der Waals surface area contributed by atoms with Crippen molar-refractivity contribution < 1.29 is 27.5 Å². The molecule has 0 unspecified atom stereocenters. The average molecular weight is 329 g/mol. The van der Waals surface area contributed by atoms with E-state index in [0.717, 1.165) is 37.0 Å². The summed E-state index contributed by atoms with van der Waals surface area (Å²) in [5.74, 6) is -0.549. The monoisotopic (exact) mass is 329 g/mol. The third kappa shape index (κ3) is 4.03. The lowest BCUT2D eigenvalue weighted by Crippen LogP contribution is -2.34. The first kappa shape index (κ1) is 16.3. The molecule has 126 valence electrons. The van der Waals surface area contributed by atoms with E-state index in [1.54, 1.807) is 0 Å². The average Bonchev–Trinajstić information content (AvgIpc) is 3.34. The van der Waals surface area contributed by atoms with Gasteiger partial charge in [0, 0.05) is 18.9 Å². The van der Waals surface area contributed by atoms with Crippen LogP contribution in [-0.4, -0.2) is 18.8 Å². The molecule has 0 spiro atoms. The first-order valence-electron chi connectivity index (χ1n) is 7.69. The fraction of sp³-hybridized carbons (Fsp3) is 0.562. The van der Waals surface area contributed by atoms with Crippen LogP contribution in [0.2, 0.25) is 0 Å². The molecule has 1 N–H and O–H groups in total. The largest absolute Gasteiger partial charge is 0.416 e. The number of hydrogen-bond donors (Lipinski definition) is 1. The molecule has 1 aliphatic carbocycles. The number of nitrogens with one attached hydrogen (secondary N) is 1. The van der Waals surface area contributed by atoms with Crippen LogP contribution in [0.3, 0.4) is 0 Å². The molecule has 1 aromatic rings. The van der Waals surface area contributed by atoms with E-state index in [-0.39, 0.29) is 17.7 Å². The van der Waals surface area contributed by atoms with Gasteiger partial charge in [-0.15, -0.1) is 0 Å². The number of benzene rings is 1. The van der Waals surface area contributed by atoms with Crippen molar-refractivity contribution in [3.63, 3.8) is 0 Å². The van der Waals surface area contributed by atoms with Crippen molar-refractivity contribution in [1.82, 2.24) is 5.48 Å². The zero-order chi connectivity index (χ0) is 16.4. The summed E-state index contributed by atoms with van der Waals surface area (Å²) in [5, 5.41) is 0. The number of halogens is 3. The van der Waals surface area contributed by atoms with E-state index in [2.05, 4.69) is 5.48 Å². The summed E-state index contributed by atoms with van der Waals surface area (Å²) in [6, 6.07) is 4.97. The van der Waals surface area contributed by atoms with Gasteiger partial charge in [0.2, 0.25) is 5.91 Å². The Bertz CT molecular complexity index is 553. The smallest absolute Gasteiger partial charge is 0.350 e. The number of ether oxygens (including phenoxy) is 1. The summed E-state index contributed by atoms with van der Waals surface area (Å²) in [4.78, 5) is 17.2. The number of alkyl halides is 3. The Morgan fingerprint density at radius 2 is 1.96 bits per heavy atom. The summed E-state index contributed by atoms with van der Waals surface area (Å²) < 4.78 is 42.9. The maximum Gasteiger partial charge on any atom is 0.416 e. The van der Waals surface area contributed by atoms with Gasteiger partial charge < -0.3 is 4.74 Å². The molecule has 23 heavy (non-hydrogen) atoms. The Labute approximate surface area is 131 Å². The second-order valence-electron chi connectivity index (χ2n) is 5.95. The maximum atomic E-state index is 12.5. The molecule has 0 radical (unpaired) electrons. The van der Waals surface area contributed by atoms with E-state index in [1.807, 2.05) is 0 Å². The normalized spacial score (nSPS) is 27.5. The Morgan fingerprint density at radius 1 is 1.22 bits per heavy atom. The van der Waals surface area contributed by atoms with Gasteiger partial charge in [-0.2, -0.15) is 13.2 Å². The fourth-order valence-electron chi connectivity index (χ4n) is 2.78. The number of rotatable bonds is 4. The Balaban J connectivity index is 1.49. The first-order valence-corrected chi connectivity index (χ1v) is 7.69. The molecule has 7 heteroatoms. The van der Waals surface area contributed by atoms with Gasteiger partial charge in [0.15, 0.2) is 6.29 Å². The van der Waals surface area contributed by atoms with Crippen molar-refractivity contribution in [2.75, 3.05) is 6.61 Å². The molecule has 1 heterocycles. The lowest BCUT2D eigenvalue weighted by Gasteiger charge is -2.22. The highest BCUT2D eigenvalue weighted by Crippen LogP contribution is 2.48. The van der Waals surface area contributed by atoms with Gasteiger partial charge in [-0.3, -0.25) is 4.79 Å². The zero-order valence-electron chi connectivity index (χ0n) is 12.4. The fourth-order valence-corrected chi connectivity index (χ4v) is 2.78. The van der Waals surface area contributed by atoms with Crippen LogP contribution >= 0.6 is 0 Å². The van der Waals surface area contributed by atoms with Crippen LogP contribution in [0, 0.1) is 5.92 Å². The minimum absolute atomic E-state index is 0.0480. The quantitative estimate of drug-likeness (QED) is 0.862. The summed E-state index contributed by atoms with van der Waals surface area (Å²) >= 11 is 0. The van der Waals surface area contributed by atoms with Crippen LogP contribution < -0.4 is 5.48 Å². The van der Waals surface area contributed by atoms with Gasteiger partial charge in [0.1, 0.15) is 0 Å². The van der Waals surface area contributed by atoms with Gasteiger partial charge in [0.25, 0.3) is 0 Å². The Hall–Kier alpha value is -1.60. The van der Waals surface area contributed by atoms with Gasteiger partial charge in [-0.25, -0.2) is 10.3 Å². The SMILES string of the molecule is O=C(NO[C@@H]1CCCCO1)[C@H]1C[C@@H]1c1ccc(C(F)(F)F)cc1. The molecule has 2 fully saturated rings. The third-order valence-corrected chi connectivity index (χ3v) is 4.22. The van der Waals surface area contributed by atoms with Crippen molar-refractivity contribution >= 4 is 5.91 Å². The number of hydroxylamine groups is 1. The van der Waals surface area contributed by atoms with Crippen LogP contribution in [-0.2, 0) is 20.5 Å². The van der Waals surface area contributed by atoms with Crippen molar-refractivity contribution in [2.45, 2.75) is 44.1 Å². The highest BCUT2D eigenvalue weighted by atomic mass is 19.4. The number of carbonyl (C=O) groups is 1. The van der Waals surface area contributed by atoms with Crippen molar-refractivity contribution in [1.29, 1.82) is 0 Å². The maximum absolute atomic E-state index is 12.5. The van der Waals surface area contributed by atoms with Crippen molar-refractivity contribution in [3.05, 3.63) is 35.4 Å². The molecule has 3 rings (SSSR count). The first-order chi connectivity index (χ1) is 10.9. The Kier molecular flexibility index (Phi) is 4.59. The van der Waals surface area contributed by atoms with E-state index < -0.39 is 18.0 Å². The molecular formula is C16H18F3NO3. The molecule has 4 nitrogen and oxygen atoms in total. The molecule has 1 amide bonds. The molecule has 2 aliphatic rings. The Morgan fingerprint density at radius 3 is 2.57 bits per heavy atom. The molecule has 1 saturated carbocycles. The summed E-state index contributed by atoms with van der Waals surface area (Å²) in [6.07, 6.45) is -1.40. The van der Waals surface area contributed by atoms with E-state index in [4.69, 9.17) is 9.57 Å². The number of amides is 1. The highest BCUT2D eigenvalue weighted by molar-refractivity contribution is 5.82. The van der Waals surface area contributed by atoms with Gasteiger partial charge in [0.05, 0.1) is 5.56 Å². The predicted octanol–water partition coefficient (Wildman–Crippen LogP) is 3.38. The number of carbonyl (C=O) groups excluding carboxylic acids is 1. The second kappa shape index (κ2) is 6.49. The predicted molar refractivity (Wildman–Crippen MR) is 75.1 cm³/mol. The third-order valence-electron chi connectivity index (χ3n) is 4.22. The lowest BCUT2D eigenvalue weighted by atomic mass is 10.1. The van der Waals surface area contributed by atoms with E-state index >= 15 is 0 Å². The molecule has 3 atom stereocenters. The van der Waals surface area contributed by atoms with Crippen LogP contribution in [0.15, 0.2) is 24.3 Å². The van der Waals surface area contributed by atoms with Crippen LogP contribution in [0.1, 0.15) is 42.7 Å².